The lowest BCUT2D eigenvalue weighted by Crippen LogP contribution is -2.37. The van der Waals surface area contributed by atoms with Crippen LogP contribution in [0.25, 0.3) is 0 Å². The van der Waals surface area contributed by atoms with Crippen LogP contribution in [-0.2, 0) is 9.53 Å². The molecule has 0 aromatic heterocycles. The summed E-state index contributed by atoms with van der Waals surface area (Å²) >= 11 is 0. The average Bonchev–Trinajstić information content (AvgIpc) is 2.25. The van der Waals surface area contributed by atoms with Crippen LogP contribution in [0.5, 0.6) is 0 Å². The SMILES string of the molecule is CCC[C@@H](C)CC(=O)OCCNC(=O)NCC. The van der Waals surface area contributed by atoms with Crippen molar-refractivity contribution in [3.63, 3.8) is 0 Å². The molecule has 0 heterocycles. The van der Waals surface area contributed by atoms with Crippen LogP contribution < -0.4 is 10.6 Å². The molecule has 0 aromatic carbocycles. The Kier molecular flexibility index (Phi) is 9.19. The number of ether oxygens (including phenoxy) is 1. The van der Waals surface area contributed by atoms with E-state index in [2.05, 4.69) is 17.6 Å². The Morgan fingerprint density at radius 1 is 1.24 bits per heavy atom. The van der Waals surface area contributed by atoms with E-state index in [-0.39, 0.29) is 18.6 Å². The maximum atomic E-state index is 11.3. The van der Waals surface area contributed by atoms with Crippen molar-refractivity contribution in [2.24, 2.45) is 5.92 Å². The number of hydrogen-bond acceptors (Lipinski definition) is 3. The van der Waals surface area contributed by atoms with E-state index in [0.717, 1.165) is 12.8 Å². The molecule has 0 saturated heterocycles. The third-order valence-corrected chi connectivity index (χ3v) is 2.28. The van der Waals surface area contributed by atoms with Gasteiger partial charge >= 0.3 is 12.0 Å². The number of rotatable bonds is 8. The fourth-order valence-electron chi connectivity index (χ4n) is 1.49. The fourth-order valence-corrected chi connectivity index (χ4v) is 1.49. The second-order valence-corrected chi connectivity index (χ2v) is 4.10. The minimum Gasteiger partial charge on any atom is -0.464 e. The molecule has 2 amide bonds. The minimum atomic E-state index is -0.233. The van der Waals surface area contributed by atoms with Crippen molar-refractivity contribution in [2.75, 3.05) is 19.7 Å². The maximum absolute atomic E-state index is 11.3. The summed E-state index contributed by atoms with van der Waals surface area (Å²) in [6.45, 7) is 7.14. The van der Waals surface area contributed by atoms with Crippen LogP contribution in [0, 0.1) is 5.92 Å². The summed E-state index contributed by atoms with van der Waals surface area (Å²) in [5.41, 5.74) is 0. The molecule has 0 aliphatic carbocycles. The highest BCUT2D eigenvalue weighted by Gasteiger charge is 2.09. The van der Waals surface area contributed by atoms with Crippen LogP contribution in [-0.4, -0.2) is 31.7 Å². The van der Waals surface area contributed by atoms with Crippen LogP contribution in [0.1, 0.15) is 40.0 Å². The van der Waals surface area contributed by atoms with Gasteiger partial charge in [-0.05, 0) is 12.8 Å². The first kappa shape index (κ1) is 15.7. The van der Waals surface area contributed by atoms with Gasteiger partial charge in [-0.2, -0.15) is 0 Å². The summed E-state index contributed by atoms with van der Waals surface area (Å²) in [7, 11) is 0. The van der Waals surface area contributed by atoms with Gasteiger partial charge in [0.25, 0.3) is 0 Å². The zero-order chi connectivity index (χ0) is 13.1. The van der Waals surface area contributed by atoms with E-state index in [0.29, 0.717) is 25.4 Å². The standard InChI is InChI=1S/C12H24N2O3/c1-4-6-10(3)9-11(15)17-8-7-14-12(16)13-5-2/h10H,4-9H2,1-3H3,(H2,13,14,16)/t10-/m1/s1. The van der Waals surface area contributed by atoms with E-state index in [1.807, 2.05) is 13.8 Å². The predicted molar refractivity (Wildman–Crippen MR) is 66.7 cm³/mol. The van der Waals surface area contributed by atoms with E-state index in [1.165, 1.54) is 0 Å². The molecule has 0 fully saturated rings. The molecule has 1 atom stereocenters. The average molecular weight is 244 g/mol. The van der Waals surface area contributed by atoms with Crippen molar-refractivity contribution in [1.82, 2.24) is 10.6 Å². The summed E-state index contributed by atoms with van der Waals surface area (Å²) in [5, 5.41) is 5.18. The molecular weight excluding hydrogens is 220 g/mol. The highest BCUT2D eigenvalue weighted by molar-refractivity contribution is 5.73. The number of carbonyl (C=O) groups excluding carboxylic acids is 2. The zero-order valence-corrected chi connectivity index (χ0v) is 11.0. The molecule has 5 heteroatoms. The van der Waals surface area contributed by atoms with Crippen LogP contribution in [0.2, 0.25) is 0 Å². The Labute approximate surface area is 103 Å². The second-order valence-electron chi connectivity index (χ2n) is 4.10. The largest absolute Gasteiger partial charge is 0.464 e. The van der Waals surface area contributed by atoms with E-state index in [9.17, 15) is 9.59 Å². The van der Waals surface area contributed by atoms with Crippen molar-refractivity contribution in [1.29, 1.82) is 0 Å². The Hall–Kier alpha value is -1.26. The highest BCUT2D eigenvalue weighted by atomic mass is 16.5. The molecule has 0 bridgehead atoms. The summed E-state index contributed by atoms with van der Waals surface area (Å²) in [5.74, 6) is 0.174. The normalized spacial score (nSPS) is 11.7. The Morgan fingerprint density at radius 2 is 1.94 bits per heavy atom. The smallest absolute Gasteiger partial charge is 0.314 e. The highest BCUT2D eigenvalue weighted by Crippen LogP contribution is 2.10. The fraction of sp³-hybridized carbons (Fsp3) is 0.833. The van der Waals surface area contributed by atoms with E-state index in [1.54, 1.807) is 0 Å². The molecule has 0 radical (unpaired) electrons. The first-order valence-electron chi connectivity index (χ1n) is 6.27. The second kappa shape index (κ2) is 9.93. The Morgan fingerprint density at radius 3 is 2.53 bits per heavy atom. The molecule has 0 aliphatic rings. The van der Waals surface area contributed by atoms with Gasteiger partial charge in [0.2, 0.25) is 0 Å². The van der Waals surface area contributed by atoms with Gasteiger partial charge in [-0.15, -0.1) is 0 Å². The van der Waals surface area contributed by atoms with Gasteiger partial charge in [-0.3, -0.25) is 4.79 Å². The molecule has 2 N–H and O–H groups in total. The van der Waals surface area contributed by atoms with Crippen LogP contribution >= 0.6 is 0 Å². The first-order chi connectivity index (χ1) is 8.10. The van der Waals surface area contributed by atoms with E-state index in [4.69, 9.17) is 4.74 Å². The molecule has 5 nitrogen and oxygen atoms in total. The van der Waals surface area contributed by atoms with Gasteiger partial charge < -0.3 is 15.4 Å². The van der Waals surface area contributed by atoms with Gasteiger partial charge in [0.15, 0.2) is 0 Å². The third kappa shape index (κ3) is 9.66. The molecule has 0 aliphatic heterocycles. The molecule has 100 valence electrons. The molecule has 0 aromatic rings. The van der Waals surface area contributed by atoms with Crippen molar-refractivity contribution >= 4 is 12.0 Å². The lowest BCUT2D eigenvalue weighted by Gasteiger charge is -2.10. The molecule has 0 saturated carbocycles. The number of urea groups is 1. The topological polar surface area (TPSA) is 67.4 Å². The summed E-state index contributed by atoms with van der Waals surface area (Å²) in [6, 6.07) is -0.233. The van der Waals surface area contributed by atoms with Crippen LogP contribution in [0.4, 0.5) is 4.79 Å². The van der Waals surface area contributed by atoms with Crippen LogP contribution in [0.15, 0.2) is 0 Å². The number of amides is 2. The van der Waals surface area contributed by atoms with E-state index >= 15 is 0 Å². The van der Waals surface area contributed by atoms with Gasteiger partial charge in [-0.1, -0.05) is 26.7 Å². The number of esters is 1. The Bertz CT molecular complexity index is 232. The summed E-state index contributed by atoms with van der Waals surface area (Å²) < 4.78 is 5.01. The van der Waals surface area contributed by atoms with Crippen molar-refractivity contribution in [3.8, 4) is 0 Å². The molecule has 17 heavy (non-hydrogen) atoms. The zero-order valence-electron chi connectivity index (χ0n) is 11.0. The van der Waals surface area contributed by atoms with Gasteiger partial charge in [0.1, 0.15) is 6.61 Å². The third-order valence-electron chi connectivity index (χ3n) is 2.28. The van der Waals surface area contributed by atoms with Gasteiger partial charge in [-0.25, -0.2) is 4.79 Å². The Balaban J connectivity index is 3.48. The number of carbonyl (C=O) groups is 2. The monoisotopic (exact) mass is 244 g/mol. The van der Waals surface area contributed by atoms with Gasteiger partial charge in [0, 0.05) is 13.0 Å². The minimum absolute atomic E-state index is 0.191. The summed E-state index contributed by atoms with van der Waals surface area (Å²) in [6.07, 6.45) is 2.56. The van der Waals surface area contributed by atoms with Gasteiger partial charge in [0.05, 0.1) is 6.54 Å². The predicted octanol–water partition coefficient (Wildman–Crippen LogP) is 1.67. The molecule has 0 rings (SSSR count). The van der Waals surface area contributed by atoms with Crippen molar-refractivity contribution in [2.45, 2.75) is 40.0 Å². The number of hydrogen-bond donors (Lipinski definition) is 2. The molecule has 0 unspecified atom stereocenters. The van der Waals surface area contributed by atoms with E-state index < -0.39 is 0 Å². The lowest BCUT2D eigenvalue weighted by atomic mass is 10.0. The lowest BCUT2D eigenvalue weighted by molar-refractivity contribution is -0.144. The quantitative estimate of drug-likeness (QED) is 0.504. The summed E-state index contributed by atoms with van der Waals surface area (Å²) in [4.78, 5) is 22.3. The van der Waals surface area contributed by atoms with Crippen molar-refractivity contribution < 1.29 is 14.3 Å². The number of nitrogens with one attached hydrogen (secondary N) is 2. The van der Waals surface area contributed by atoms with Crippen molar-refractivity contribution in [3.05, 3.63) is 0 Å². The maximum Gasteiger partial charge on any atom is 0.314 e. The van der Waals surface area contributed by atoms with Crippen LogP contribution in [0.3, 0.4) is 0 Å². The molecule has 0 spiro atoms. The molecular formula is C12H24N2O3. The first-order valence-corrected chi connectivity index (χ1v) is 6.27.